The van der Waals surface area contributed by atoms with Crippen LogP contribution < -0.4 is 4.90 Å². The molecule has 0 bridgehead atoms. The molecule has 0 fully saturated rings. The molecule has 1 unspecified atom stereocenters. The summed E-state index contributed by atoms with van der Waals surface area (Å²) in [4.78, 5) is 26.8. The average Bonchev–Trinajstić information content (AvgIpc) is 3.18. The van der Waals surface area contributed by atoms with E-state index in [0.717, 1.165) is 0 Å². The van der Waals surface area contributed by atoms with Crippen molar-refractivity contribution < 1.29 is 24.2 Å². The van der Waals surface area contributed by atoms with Gasteiger partial charge in [0.15, 0.2) is 5.69 Å². The molecule has 0 amide bonds. The number of ether oxygens (including phenoxy) is 2. The maximum Gasteiger partial charge on any atom is 0.359 e. The zero-order chi connectivity index (χ0) is 20.8. The van der Waals surface area contributed by atoms with Crippen LogP contribution in [0.3, 0.4) is 0 Å². The second-order valence-electron chi connectivity index (χ2n) is 6.55. The fourth-order valence-corrected chi connectivity index (χ4v) is 3.71. The molecule has 29 heavy (non-hydrogen) atoms. The van der Waals surface area contributed by atoms with Crippen molar-refractivity contribution in [3.05, 3.63) is 77.1 Å². The van der Waals surface area contributed by atoms with E-state index in [9.17, 15) is 14.7 Å². The van der Waals surface area contributed by atoms with Gasteiger partial charge < -0.3 is 19.5 Å². The van der Waals surface area contributed by atoms with E-state index >= 15 is 0 Å². The summed E-state index contributed by atoms with van der Waals surface area (Å²) >= 11 is 0. The Morgan fingerprint density at radius 1 is 0.931 bits per heavy atom. The van der Waals surface area contributed by atoms with Gasteiger partial charge in [0.05, 0.1) is 25.6 Å². The Morgan fingerprint density at radius 2 is 1.52 bits per heavy atom. The molecule has 1 N–H and O–H groups in total. The van der Waals surface area contributed by atoms with E-state index in [1.54, 1.807) is 48.3 Å². The van der Waals surface area contributed by atoms with E-state index in [2.05, 4.69) is 5.10 Å². The second-order valence-corrected chi connectivity index (χ2v) is 6.55. The number of rotatable bonds is 3. The second kappa shape index (κ2) is 6.75. The lowest BCUT2D eigenvalue weighted by Gasteiger charge is -2.43. The first-order chi connectivity index (χ1) is 13.9. The summed E-state index contributed by atoms with van der Waals surface area (Å²) < 4.78 is 11.1. The summed E-state index contributed by atoms with van der Waals surface area (Å²) in [5.74, 6) is -1.60. The number of carbonyl (C=O) groups excluding carboxylic acids is 2. The molecular weight excluding hydrogens is 374 g/mol. The van der Waals surface area contributed by atoms with Crippen LogP contribution >= 0.6 is 0 Å². The maximum absolute atomic E-state index is 12.7. The number of nitrogens with zero attached hydrogens (tertiary/aromatic N) is 3. The zero-order valence-corrected chi connectivity index (χ0v) is 16.1. The van der Waals surface area contributed by atoms with Crippen LogP contribution in [0.2, 0.25) is 0 Å². The lowest BCUT2D eigenvalue weighted by molar-refractivity contribution is 0.0519. The predicted octanol–water partition coefficient (Wildman–Crippen LogP) is 2.09. The molecule has 0 saturated carbocycles. The van der Waals surface area contributed by atoms with Crippen molar-refractivity contribution in [3.63, 3.8) is 0 Å². The number of aliphatic hydroxyl groups is 1. The molecule has 8 nitrogen and oxygen atoms in total. The number of hydrogen-bond acceptors (Lipinski definition) is 7. The molecule has 0 radical (unpaired) electrons. The Kier molecular flexibility index (Phi) is 4.35. The van der Waals surface area contributed by atoms with Crippen LogP contribution in [-0.4, -0.2) is 48.1 Å². The largest absolute Gasteiger partial charge is 0.465 e. The van der Waals surface area contributed by atoms with Crippen molar-refractivity contribution in [1.82, 2.24) is 9.78 Å². The molecule has 3 aromatic rings. The third-order valence-corrected chi connectivity index (χ3v) is 5.12. The Hall–Kier alpha value is -3.65. The maximum atomic E-state index is 12.7. The average molecular weight is 393 g/mol. The monoisotopic (exact) mass is 393 g/mol. The molecule has 0 aliphatic carbocycles. The molecule has 8 heteroatoms. The fraction of sp³-hybridized carbons (Fsp3) is 0.190. The summed E-state index contributed by atoms with van der Waals surface area (Å²) in [5.41, 5.74) is -0.288. The molecule has 1 aliphatic rings. The molecule has 1 aromatic heterocycles. The van der Waals surface area contributed by atoms with Crippen LogP contribution in [-0.2, 0) is 15.2 Å². The highest BCUT2D eigenvalue weighted by Crippen LogP contribution is 2.45. The Balaban J connectivity index is 2.15. The van der Waals surface area contributed by atoms with Gasteiger partial charge >= 0.3 is 11.9 Å². The van der Waals surface area contributed by atoms with Crippen LogP contribution in [0, 0.1) is 0 Å². The van der Waals surface area contributed by atoms with Gasteiger partial charge in [0, 0.05) is 12.6 Å². The van der Waals surface area contributed by atoms with Gasteiger partial charge in [-0.05, 0) is 12.1 Å². The molecule has 4 rings (SSSR count). The van der Waals surface area contributed by atoms with Crippen molar-refractivity contribution in [2.24, 2.45) is 0 Å². The molecule has 0 spiro atoms. The molecule has 1 atom stereocenters. The minimum Gasteiger partial charge on any atom is -0.465 e. The number of anilines is 1. The highest BCUT2D eigenvalue weighted by molar-refractivity contribution is 6.03. The summed E-state index contributed by atoms with van der Waals surface area (Å²) in [6.07, 6.45) is 0. The van der Waals surface area contributed by atoms with E-state index in [4.69, 9.17) is 9.47 Å². The van der Waals surface area contributed by atoms with E-state index < -0.39 is 17.7 Å². The molecule has 1 aliphatic heterocycles. The quantitative estimate of drug-likeness (QED) is 0.681. The van der Waals surface area contributed by atoms with Crippen molar-refractivity contribution in [2.45, 2.75) is 5.72 Å². The number of methoxy groups -OCH3 is 2. The molecule has 2 heterocycles. The first-order valence-corrected chi connectivity index (χ1v) is 8.86. The molecule has 0 saturated heterocycles. The third-order valence-electron chi connectivity index (χ3n) is 5.12. The fourth-order valence-electron chi connectivity index (χ4n) is 3.71. The number of aromatic nitrogens is 2. The van der Waals surface area contributed by atoms with Gasteiger partial charge in [-0.25, -0.2) is 14.3 Å². The summed E-state index contributed by atoms with van der Waals surface area (Å²) in [7, 11) is 4.11. The number of hydrogen-bond donors (Lipinski definition) is 1. The lowest BCUT2D eigenvalue weighted by Crippen LogP contribution is -2.50. The Morgan fingerprint density at radius 3 is 2.14 bits per heavy atom. The zero-order valence-electron chi connectivity index (χ0n) is 16.1. The number of fused-ring (bicyclic) bond motifs is 3. The normalized spacial score (nSPS) is 17.3. The summed E-state index contributed by atoms with van der Waals surface area (Å²) in [6.45, 7) is 0. The van der Waals surface area contributed by atoms with Crippen molar-refractivity contribution in [3.8, 4) is 5.69 Å². The van der Waals surface area contributed by atoms with Gasteiger partial charge in [0.25, 0.3) is 0 Å². The van der Waals surface area contributed by atoms with Crippen LogP contribution in [0.1, 0.15) is 32.1 Å². The van der Waals surface area contributed by atoms with Crippen LogP contribution in [0.5, 0.6) is 0 Å². The standard InChI is InChI=1S/C21H19N3O5/c1-23-14-11-7-8-12-15(14)24-18(21(23,27)13-9-5-4-6-10-13)16(19(25)28-2)17(22-24)20(26)29-3/h4-12,27H,1-3H3. The predicted molar refractivity (Wildman–Crippen MR) is 104 cm³/mol. The summed E-state index contributed by atoms with van der Waals surface area (Å²) in [5, 5.41) is 16.4. The number of esters is 2. The van der Waals surface area contributed by atoms with E-state index in [1.165, 1.54) is 18.9 Å². The van der Waals surface area contributed by atoms with Gasteiger partial charge in [-0.2, -0.15) is 5.10 Å². The van der Waals surface area contributed by atoms with Crippen LogP contribution in [0.4, 0.5) is 5.69 Å². The Labute approximate surface area is 166 Å². The highest BCUT2D eigenvalue weighted by atomic mass is 16.5. The first kappa shape index (κ1) is 18.7. The molecule has 148 valence electrons. The third kappa shape index (κ3) is 2.53. The van der Waals surface area contributed by atoms with Gasteiger partial charge in [0.1, 0.15) is 11.3 Å². The minimum absolute atomic E-state index is 0.108. The van der Waals surface area contributed by atoms with Gasteiger partial charge in [-0.1, -0.05) is 42.5 Å². The molecular formula is C21H19N3O5. The van der Waals surface area contributed by atoms with Crippen LogP contribution in [0.25, 0.3) is 5.69 Å². The van der Waals surface area contributed by atoms with Gasteiger partial charge in [-0.3, -0.25) is 0 Å². The number of para-hydroxylation sites is 2. The van der Waals surface area contributed by atoms with Gasteiger partial charge in [0.2, 0.25) is 5.72 Å². The molecule has 2 aromatic carbocycles. The first-order valence-electron chi connectivity index (χ1n) is 8.86. The van der Waals surface area contributed by atoms with E-state index in [-0.39, 0.29) is 17.0 Å². The topological polar surface area (TPSA) is 93.9 Å². The summed E-state index contributed by atoms with van der Waals surface area (Å²) in [6, 6.07) is 16.1. The number of benzene rings is 2. The minimum atomic E-state index is -1.79. The van der Waals surface area contributed by atoms with Crippen molar-refractivity contribution in [2.75, 3.05) is 26.2 Å². The van der Waals surface area contributed by atoms with Crippen molar-refractivity contribution in [1.29, 1.82) is 0 Å². The highest BCUT2D eigenvalue weighted by Gasteiger charge is 2.49. The van der Waals surface area contributed by atoms with Gasteiger partial charge in [-0.15, -0.1) is 0 Å². The SMILES string of the molecule is COC(=O)c1nn2c(c1C(=O)OC)C(O)(c1ccccc1)N(C)c1ccccc1-2. The van der Waals surface area contributed by atoms with E-state index in [0.29, 0.717) is 16.9 Å². The smallest absolute Gasteiger partial charge is 0.359 e. The van der Waals surface area contributed by atoms with Crippen molar-refractivity contribution >= 4 is 17.6 Å². The lowest BCUT2D eigenvalue weighted by atomic mass is 9.91. The van der Waals surface area contributed by atoms with Crippen LogP contribution in [0.15, 0.2) is 54.6 Å². The Bertz CT molecular complexity index is 1110. The number of carbonyl (C=O) groups is 2. The van der Waals surface area contributed by atoms with E-state index in [1.807, 2.05) is 18.2 Å².